The number of hydrogen-bond acceptors (Lipinski definition) is 5. The third-order valence-electron chi connectivity index (χ3n) is 2.08. The van der Waals surface area contributed by atoms with E-state index in [1.807, 2.05) is 0 Å². The van der Waals surface area contributed by atoms with Crippen molar-refractivity contribution >= 4 is 5.97 Å². The van der Waals surface area contributed by atoms with Crippen LogP contribution in [0.4, 0.5) is 0 Å². The number of nitrogens with one attached hydrogen (secondary N) is 1. The molecule has 0 aromatic carbocycles. The number of carbonyl (C=O) groups excluding carboxylic acids is 1. The number of fused-ring (bicyclic) bond motifs is 1. The highest BCUT2D eigenvalue weighted by molar-refractivity contribution is 5.88. The Hall–Kier alpha value is -1.36. The number of nitrogens with zero attached hydrogens (tertiary/aromatic N) is 1. The lowest BCUT2D eigenvalue weighted by molar-refractivity contribution is 0.0553. The van der Waals surface area contributed by atoms with Crippen LogP contribution in [0.5, 0.6) is 0 Å². The Morgan fingerprint density at radius 1 is 1.69 bits per heavy atom. The van der Waals surface area contributed by atoms with Gasteiger partial charge in [-0.15, -0.1) is 0 Å². The number of ether oxygens (including phenoxy) is 1. The van der Waals surface area contributed by atoms with Crippen molar-refractivity contribution in [1.29, 1.82) is 0 Å². The molecule has 13 heavy (non-hydrogen) atoms. The van der Waals surface area contributed by atoms with Gasteiger partial charge in [0.25, 0.3) is 0 Å². The molecular formula is C8H10N2O3. The summed E-state index contributed by atoms with van der Waals surface area (Å²) in [5.41, 5.74) is 1.69. The molecule has 1 aliphatic heterocycles. The zero-order valence-corrected chi connectivity index (χ0v) is 7.29. The van der Waals surface area contributed by atoms with E-state index < -0.39 is 5.97 Å². The third-order valence-corrected chi connectivity index (χ3v) is 2.08. The van der Waals surface area contributed by atoms with Gasteiger partial charge in [0, 0.05) is 25.1 Å². The molecule has 0 bridgehead atoms. The molecule has 2 heterocycles. The quantitative estimate of drug-likeness (QED) is 0.624. The summed E-state index contributed by atoms with van der Waals surface area (Å²) in [4.78, 5) is 11.2. The molecule has 2 rings (SSSR count). The van der Waals surface area contributed by atoms with Crippen LogP contribution < -0.4 is 5.32 Å². The molecule has 0 fully saturated rings. The Balaban J connectivity index is 2.36. The summed E-state index contributed by atoms with van der Waals surface area (Å²) in [5.74, 6) is -0.234. The fourth-order valence-corrected chi connectivity index (χ4v) is 1.39. The van der Waals surface area contributed by atoms with Crippen molar-refractivity contribution in [2.24, 2.45) is 0 Å². The summed E-state index contributed by atoms with van der Waals surface area (Å²) >= 11 is 0. The Bertz CT molecular complexity index is 332. The van der Waals surface area contributed by atoms with Gasteiger partial charge in [0.2, 0.25) is 5.76 Å². The lowest BCUT2D eigenvalue weighted by Crippen LogP contribution is -2.24. The second-order valence-corrected chi connectivity index (χ2v) is 2.86. The molecule has 0 saturated heterocycles. The molecule has 5 heteroatoms. The van der Waals surface area contributed by atoms with Crippen LogP contribution in [0.15, 0.2) is 4.52 Å². The Morgan fingerprint density at radius 2 is 2.54 bits per heavy atom. The van der Waals surface area contributed by atoms with Gasteiger partial charge in [-0.25, -0.2) is 4.79 Å². The maximum Gasteiger partial charge on any atom is 0.377 e. The Labute approximate surface area is 75.0 Å². The van der Waals surface area contributed by atoms with Gasteiger partial charge in [0.1, 0.15) is 0 Å². The van der Waals surface area contributed by atoms with Crippen molar-refractivity contribution in [3.8, 4) is 0 Å². The van der Waals surface area contributed by atoms with Gasteiger partial charge in [-0.05, 0) is 0 Å². The highest BCUT2D eigenvalue weighted by Crippen LogP contribution is 2.18. The fraction of sp³-hybridized carbons (Fsp3) is 0.500. The van der Waals surface area contributed by atoms with Gasteiger partial charge >= 0.3 is 5.97 Å². The van der Waals surface area contributed by atoms with Crippen LogP contribution in [-0.2, 0) is 17.7 Å². The van der Waals surface area contributed by atoms with Crippen molar-refractivity contribution in [2.75, 3.05) is 13.7 Å². The first-order valence-electron chi connectivity index (χ1n) is 4.09. The number of esters is 1. The van der Waals surface area contributed by atoms with E-state index in [2.05, 4.69) is 15.2 Å². The second kappa shape index (κ2) is 3.18. The predicted molar refractivity (Wildman–Crippen MR) is 43.3 cm³/mol. The highest BCUT2D eigenvalue weighted by atomic mass is 16.5. The Morgan fingerprint density at radius 3 is 3.31 bits per heavy atom. The number of rotatable bonds is 1. The van der Waals surface area contributed by atoms with E-state index >= 15 is 0 Å². The van der Waals surface area contributed by atoms with Crippen LogP contribution in [-0.4, -0.2) is 24.8 Å². The average molecular weight is 182 g/mol. The van der Waals surface area contributed by atoms with Crippen LogP contribution >= 0.6 is 0 Å². The van der Waals surface area contributed by atoms with Crippen molar-refractivity contribution in [3.05, 3.63) is 17.0 Å². The van der Waals surface area contributed by atoms with E-state index in [1.165, 1.54) is 7.11 Å². The monoisotopic (exact) mass is 182 g/mol. The molecule has 0 amide bonds. The van der Waals surface area contributed by atoms with Crippen molar-refractivity contribution < 1.29 is 14.1 Å². The summed E-state index contributed by atoms with van der Waals surface area (Å²) in [6.07, 6.45) is 0.801. The molecule has 0 spiro atoms. The average Bonchev–Trinajstić information content (AvgIpc) is 2.60. The molecule has 0 saturated carbocycles. The highest BCUT2D eigenvalue weighted by Gasteiger charge is 2.24. The molecule has 1 aliphatic rings. The SMILES string of the molecule is COC(=O)c1onc2c1CNCC2. The maximum absolute atomic E-state index is 11.2. The smallest absolute Gasteiger partial charge is 0.377 e. The minimum absolute atomic E-state index is 0.227. The van der Waals surface area contributed by atoms with E-state index in [9.17, 15) is 4.79 Å². The van der Waals surface area contributed by atoms with E-state index in [0.717, 1.165) is 24.2 Å². The molecule has 70 valence electrons. The molecule has 0 aliphatic carbocycles. The van der Waals surface area contributed by atoms with E-state index in [0.29, 0.717) is 6.54 Å². The van der Waals surface area contributed by atoms with Crippen LogP contribution in [0.25, 0.3) is 0 Å². The van der Waals surface area contributed by atoms with Crippen LogP contribution in [0.1, 0.15) is 21.8 Å². The number of hydrogen-bond donors (Lipinski definition) is 1. The summed E-state index contributed by atoms with van der Waals surface area (Å²) in [6, 6.07) is 0. The molecule has 5 nitrogen and oxygen atoms in total. The summed E-state index contributed by atoms with van der Waals surface area (Å²) in [6.45, 7) is 1.50. The van der Waals surface area contributed by atoms with E-state index in [-0.39, 0.29) is 5.76 Å². The first-order chi connectivity index (χ1) is 6.33. The van der Waals surface area contributed by atoms with E-state index in [1.54, 1.807) is 0 Å². The largest absolute Gasteiger partial charge is 0.463 e. The van der Waals surface area contributed by atoms with Crippen molar-refractivity contribution in [3.63, 3.8) is 0 Å². The zero-order valence-electron chi connectivity index (χ0n) is 7.29. The van der Waals surface area contributed by atoms with Gasteiger partial charge in [0.15, 0.2) is 0 Å². The standard InChI is InChI=1S/C8H10N2O3/c1-12-8(11)7-5-4-9-3-2-6(5)10-13-7/h9H,2-4H2,1H3. The van der Waals surface area contributed by atoms with Gasteiger partial charge in [-0.1, -0.05) is 5.16 Å². The lowest BCUT2D eigenvalue weighted by Gasteiger charge is -2.10. The summed E-state index contributed by atoms with van der Waals surface area (Å²) < 4.78 is 9.47. The van der Waals surface area contributed by atoms with Gasteiger partial charge in [0.05, 0.1) is 12.8 Å². The zero-order chi connectivity index (χ0) is 9.26. The normalized spacial score (nSPS) is 15.2. The number of carbonyl (C=O) groups is 1. The van der Waals surface area contributed by atoms with Gasteiger partial charge in [-0.2, -0.15) is 0 Å². The summed E-state index contributed by atoms with van der Waals surface area (Å²) in [7, 11) is 1.33. The van der Waals surface area contributed by atoms with Crippen LogP contribution in [0.2, 0.25) is 0 Å². The third kappa shape index (κ3) is 1.31. The number of aromatic nitrogens is 1. The molecule has 1 N–H and O–H groups in total. The van der Waals surface area contributed by atoms with E-state index in [4.69, 9.17) is 4.52 Å². The number of methoxy groups -OCH3 is 1. The predicted octanol–water partition coefficient (Wildman–Crippen LogP) is 0.107. The minimum Gasteiger partial charge on any atom is -0.463 e. The molecule has 0 radical (unpaired) electrons. The molecule has 1 aromatic rings. The molecular weight excluding hydrogens is 172 g/mol. The lowest BCUT2D eigenvalue weighted by atomic mass is 10.1. The Kier molecular flexibility index (Phi) is 2.02. The first kappa shape index (κ1) is 8.25. The minimum atomic E-state index is -0.461. The van der Waals surface area contributed by atoms with Crippen LogP contribution in [0.3, 0.4) is 0 Å². The molecule has 0 unspecified atom stereocenters. The van der Waals surface area contributed by atoms with Gasteiger partial charge in [-0.3, -0.25) is 0 Å². The van der Waals surface area contributed by atoms with Gasteiger partial charge < -0.3 is 14.6 Å². The first-order valence-corrected chi connectivity index (χ1v) is 4.09. The van der Waals surface area contributed by atoms with Crippen molar-refractivity contribution in [2.45, 2.75) is 13.0 Å². The summed E-state index contributed by atoms with van der Waals surface area (Å²) in [5, 5.41) is 6.95. The van der Waals surface area contributed by atoms with Crippen LogP contribution in [0, 0.1) is 0 Å². The molecule has 1 aromatic heterocycles. The maximum atomic E-state index is 11.2. The molecule has 0 atom stereocenters. The van der Waals surface area contributed by atoms with Crippen molar-refractivity contribution in [1.82, 2.24) is 10.5 Å². The topological polar surface area (TPSA) is 64.4 Å². The fourth-order valence-electron chi connectivity index (χ4n) is 1.39. The second-order valence-electron chi connectivity index (χ2n) is 2.86.